The largest absolute Gasteiger partial charge is 0.573 e. The van der Waals surface area contributed by atoms with Crippen LogP contribution in [0.5, 0.6) is 5.75 Å². The van der Waals surface area contributed by atoms with E-state index in [0.29, 0.717) is 5.56 Å². The van der Waals surface area contributed by atoms with Crippen LogP contribution in [0.3, 0.4) is 0 Å². The summed E-state index contributed by atoms with van der Waals surface area (Å²) in [5, 5.41) is 11.9. The molecule has 1 atom stereocenters. The lowest BCUT2D eigenvalue weighted by molar-refractivity contribution is -0.274. The zero-order valence-corrected chi connectivity index (χ0v) is 12.5. The zero-order chi connectivity index (χ0) is 16.9. The highest BCUT2D eigenvalue weighted by atomic mass is 19.4. The van der Waals surface area contributed by atoms with Gasteiger partial charge in [0.25, 0.3) is 0 Å². The van der Waals surface area contributed by atoms with Gasteiger partial charge in [-0.2, -0.15) is 0 Å². The predicted molar refractivity (Wildman–Crippen MR) is 76.7 cm³/mol. The number of likely N-dealkylation sites (tertiary alicyclic amines) is 1. The van der Waals surface area contributed by atoms with E-state index in [0.717, 1.165) is 19.4 Å². The standard InChI is InChI=1S/C15H19F3N2O3/c16-15(17,18)23-13-5-3-11(4-6-13)8-19-14(22)9-20-7-1-2-12(20)10-21/h3-6,12,21H,1-2,7-10H2,(H,19,22)/t12-/m1/s1. The smallest absolute Gasteiger partial charge is 0.406 e. The van der Waals surface area contributed by atoms with Gasteiger partial charge >= 0.3 is 6.36 Å². The van der Waals surface area contributed by atoms with Crippen LogP contribution in [0.15, 0.2) is 24.3 Å². The fourth-order valence-electron chi connectivity index (χ4n) is 2.56. The Balaban J connectivity index is 1.78. The van der Waals surface area contributed by atoms with E-state index < -0.39 is 6.36 Å². The van der Waals surface area contributed by atoms with Crippen molar-refractivity contribution in [1.82, 2.24) is 10.2 Å². The van der Waals surface area contributed by atoms with Crippen molar-refractivity contribution in [2.45, 2.75) is 31.8 Å². The van der Waals surface area contributed by atoms with Crippen molar-refractivity contribution in [2.24, 2.45) is 0 Å². The van der Waals surface area contributed by atoms with E-state index in [4.69, 9.17) is 0 Å². The first-order chi connectivity index (χ1) is 10.9. The van der Waals surface area contributed by atoms with E-state index >= 15 is 0 Å². The first-order valence-electron chi connectivity index (χ1n) is 7.33. The van der Waals surface area contributed by atoms with Crippen molar-refractivity contribution in [3.05, 3.63) is 29.8 Å². The van der Waals surface area contributed by atoms with Gasteiger partial charge in [0.15, 0.2) is 0 Å². The molecule has 0 radical (unpaired) electrons. The molecule has 8 heteroatoms. The number of ether oxygens (including phenoxy) is 1. The summed E-state index contributed by atoms with van der Waals surface area (Å²) in [6, 6.07) is 5.37. The summed E-state index contributed by atoms with van der Waals surface area (Å²) in [7, 11) is 0. The van der Waals surface area contributed by atoms with E-state index in [-0.39, 0.29) is 37.4 Å². The second kappa shape index (κ2) is 7.65. The molecule has 1 saturated heterocycles. The Labute approximate surface area is 132 Å². The van der Waals surface area contributed by atoms with Crippen molar-refractivity contribution in [2.75, 3.05) is 19.7 Å². The number of hydrogen-bond acceptors (Lipinski definition) is 4. The summed E-state index contributed by atoms with van der Waals surface area (Å²) in [5.41, 5.74) is 0.674. The first-order valence-corrected chi connectivity index (χ1v) is 7.33. The third kappa shape index (κ3) is 5.72. The summed E-state index contributed by atoms with van der Waals surface area (Å²) in [5.74, 6) is -0.476. The number of aliphatic hydroxyl groups is 1. The molecule has 0 aliphatic carbocycles. The highest BCUT2D eigenvalue weighted by Gasteiger charge is 2.31. The van der Waals surface area contributed by atoms with Gasteiger partial charge in [-0.1, -0.05) is 12.1 Å². The first kappa shape index (κ1) is 17.6. The average Bonchev–Trinajstić information content (AvgIpc) is 2.92. The molecule has 0 spiro atoms. The van der Waals surface area contributed by atoms with Crippen LogP contribution >= 0.6 is 0 Å². The number of halogens is 3. The molecule has 1 fully saturated rings. The number of amides is 1. The lowest BCUT2D eigenvalue weighted by Gasteiger charge is -2.21. The van der Waals surface area contributed by atoms with Crippen LogP contribution < -0.4 is 10.1 Å². The number of aliphatic hydroxyl groups excluding tert-OH is 1. The second-order valence-corrected chi connectivity index (χ2v) is 5.42. The number of carbonyl (C=O) groups is 1. The van der Waals surface area contributed by atoms with Gasteiger partial charge < -0.3 is 15.2 Å². The highest BCUT2D eigenvalue weighted by Crippen LogP contribution is 2.22. The Hall–Kier alpha value is -1.80. The molecular weight excluding hydrogens is 313 g/mol. The molecular formula is C15H19F3N2O3. The van der Waals surface area contributed by atoms with E-state index in [1.807, 2.05) is 4.90 Å². The summed E-state index contributed by atoms with van der Waals surface area (Å²) in [6.07, 6.45) is -2.88. The Bertz CT molecular complexity index is 520. The van der Waals surface area contributed by atoms with Gasteiger partial charge in [-0.05, 0) is 37.1 Å². The molecule has 1 aliphatic rings. The maximum absolute atomic E-state index is 12.0. The molecule has 1 aromatic carbocycles. The van der Waals surface area contributed by atoms with Crippen molar-refractivity contribution >= 4 is 5.91 Å². The van der Waals surface area contributed by atoms with Crippen LogP contribution in [0.4, 0.5) is 13.2 Å². The molecule has 1 amide bonds. The van der Waals surface area contributed by atoms with Gasteiger partial charge in [-0.25, -0.2) is 0 Å². The number of nitrogens with one attached hydrogen (secondary N) is 1. The van der Waals surface area contributed by atoms with E-state index in [1.54, 1.807) is 0 Å². The summed E-state index contributed by atoms with van der Waals surface area (Å²) >= 11 is 0. The maximum atomic E-state index is 12.0. The van der Waals surface area contributed by atoms with E-state index in [1.165, 1.54) is 24.3 Å². The lowest BCUT2D eigenvalue weighted by atomic mass is 10.2. The SMILES string of the molecule is O=C(CN1CCC[C@@H]1CO)NCc1ccc(OC(F)(F)F)cc1. The van der Waals surface area contributed by atoms with Gasteiger partial charge in [-0.3, -0.25) is 9.69 Å². The number of carbonyl (C=O) groups excluding carboxylic acids is 1. The Morgan fingerprint density at radius 3 is 2.65 bits per heavy atom. The monoisotopic (exact) mass is 332 g/mol. The van der Waals surface area contributed by atoms with Crippen molar-refractivity contribution in [3.63, 3.8) is 0 Å². The zero-order valence-electron chi connectivity index (χ0n) is 12.5. The van der Waals surface area contributed by atoms with Gasteiger partial charge in [0, 0.05) is 12.6 Å². The van der Waals surface area contributed by atoms with E-state index in [9.17, 15) is 23.1 Å². The third-order valence-electron chi connectivity index (χ3n) is 3.70. The number of alkyl halides is 3. The molecule has 128 valence electrons. The summed E-state index contributed by atoms with van der Waals surface area (Å²) in [6.45, 7) is 1.25. The van der Waals surface area contributed by atoms with Crippen LogP contribution in [-0.4, -0.2) is 48.0 Å². The van der Waals surface area contributed by atoms with Gasteiger partial charge in [0.1, 0.15) is 5.75 Å². The number of hydrogen-bond donors (Lipinski definition) is 2. The topological polar surface area (TPSA) is 61.8 Å². The average molecular weight is 332 g/mol. The van der Waals surface area contributed by atoms with Crippen molar-refractivity contribution in [3.8, 4) is 5.75 Å². The van der Waals surface area contributed by atoms with Crippen LogP contribution in [0.2, 0.25) is 0 Å². The number of benzene rings is 1. The molecule has 1 aliphatic heterocycles. The molecule has 0 bridgehead atoms. The van der Waals surface area contributed by atoms with Crippen molar-refractivity contribution < 1.29 is 27.8 Å². The van der Waals surface area contributed by atoms with Crippen molar-refractivity contribution in [1.29, 1.82) is 0 Å². The Morgan fingerprint density at radius 1 is 1.35 bits per heavy atom. The predicted octanol–water partition coefficient (Wildman–Crippen LogP) is 1.66. The molecule has 5 nitrogen and oxygen atoms in total. The third-order valence-corrected chi connectivity index (χ3v) is 3.70. The summed E-state index contributed by atoms with van der Waals surface area (Å²) in [4.78, 5) is 13.8. The lowest BCUT2D eigenvalue weighted by Crippen LogP contribution is -2.40. The summed E-state index contributed by atoms with van der Waals surface area (Å²) < 4.78 is 39.9. The van der Waals surface area contributed by atoms with Crippen LogP contribution in [0.1, 0.15) is 18.4 Å². The van der Waals surface area contributed by atoms with Gasteiger partial charge in [0.2, 0.25) is 5.91 Å². The molecule has 0 unspecified atom stereocenters. The Kier molecular flexibility index (Phi) is 5.84. The molecule has 23 heavy (non-hydrogen) atoms. The maximum Gasteiger partial charge on any atom is 0.573 e. The fraction of sp³-hybridized carbons (Fsp3) is 0.533. The van der Waals surface area contributed by atoms with Crippen LogP contribution in [-0.2, 0) is 11.3 Å². The van der Waals surface area contributed by atoms with Crippen LogP contribution in [0, 0.1) is 0 Å². The van der Waals surface area contributed by atoms with E-state index in [2.05, 4.69) is 10.1 Å². The second-order valence-electron chi connectivity index (χ2n) is 5.42. The molecule has 0 aromatic heterocycles. The number of rotatable bonds is 6. The highest BCUT2D eigenvalue weighted by molar-refractivity contribution is 5.78. The molecule has 2 N–H and O–H groups in total. The van der Waals surface area contributed by atoms with Crippen LogP contribution in [0.25, 0.3) is 0 Å². The normalized spacial score (nSPS) is 18.9. The minimum atomic E-state index is -4.71. The number of nitrogens with zero attached hydrogens (tertiary/aromatic N) is 1. The van der Waals surface area contributed by atoms with Gasteiger partial charge in [0.05, 0.1) is 13.2 Å². The minimum Gasteiger partial charge on any atom is -0.406 e. The molecule has 1 heterocycles. The minimum absolute atomic E-state index is 0.0274. The fourth-order valence-corrected chi connectivity index (χ4v) is 2.56. The van der Waals surface area contributed by atoms with Gasteiger partial charge in [-0.15, -0.1) is 13.2 Å². The molecule has 0 saturated carbocycles. The molecule has 2 rings (SSSR count). The molecule has 1 aromatic rings. The Morgan fingerprint density at radius 2 is 2.04 bits per heavy atom. The quantitative estimate of drug-likeness (QED) is 0.832.